The van der Waals surface area contributed by atoms with E-state index in [1.165, 1.54) is 5.56 Å². The molecule has 0 N–H and O–H groups in total. The van der Waals surface area contributed by atoms with Crippen LogP contribution in [0.2, 0.25) is 0 Å². The van der Waals surface area contributed by atoms with Gasteiger partial charge >= 0.3 is 0 Å². The summed E-state index contributed by atoms with van der Waals surface area (Å²) in [6.45, 7) is 2.46. The second-order valence-electron chi connectivity index (χ2n) is 7.29. The van der Waals surface area contributed by atoms with Gasteiger partial charge in [0.25, 0.3) is 0 Å². The summed E-state index contributed by atoms with van der Waals surface area (Å²) in [5, 5.41) is 9.54. The number of nitrogens with zero attached hydrogens (tertiary/aromatic N) is 4. The summed E-state index contributed by atoms with van der Waals surface area (Å²) in [6.07, 6.45) is 4.82. The Labute approximate surface area is 180 Å². The molecule has 0 amide bonds. The molecule has 154 valence electrons. The molecule has 6 heteroatoms. The van der Waals surface area contributed by atoms with Gasteiger partial charge in [0.15, 0.2) is 11.5 Å². The van der Waals surface area contributed by atoms with Crippen molar-refractivity contribution in [1.29, 1.82) is 0 Å². The highest BCUT2D eigenvalue weighted by Crippen LogP contribution is 2.28. The highest BCUT2D eigenvalue weighted by Gasteiger charge is 2.10. The number of rotatable bonds is 6. The summed E-state index contributed by atoms with van der Waals surface area (Å²) in [6, 6.07) is 20.3. The van der Waals surface area contributed by atoms with Gasteiger partial charge in [0, 0.05) is 23.8 Å². The van der Waals surface area contributed by atoms with Crippen molar-refractivity contribution in [2.45, 2.75) is 20.0 Å². The van der Waals surface area contributed by atoms with E-state index in [0.717, 1.165) is 51.4 Å². The fourth-order valence-corrected chi connectivity index (χ4v) is 3.64. The number of aryl methyl sites for hydroxylation is 1. The van der Waals surface area contributed by atoms with Crippen LogP contribution in [0.25, 0.3) is 27.7 Å². The molecule has 0 spiro atoms. The van der Waals surface area contributed by atoms with Crippen LogP contribution >= 0.6 is 0 Å². The molecule has 2 aromatic carbocycles. The van der Waals surface area contributed by atoms with E-state index >= 15 is 0 Å². The third-order valence-electron chi connectivity index (χ3n) is 5.44. The molecule has 0 aliphatic rings. The van der Waals surface area contributed by atoms with Gasteiger partial charge in [0.2, 0.25) is 0 Å². The number of hydrogen-bond donors (Lipinski definition) is 0. The van der Waals surface area contributed by atoms with E-state index < -0.39 is 0 Å². The molecule has 3 aromatic heterocycles. The van der Waals surface area contributed by atoms with E-state index in [0.29, 0.717) is 6.61 Å². The fourth-order valence-electron chi connectivity index (χ4n) is 3.64. The number of pyridine rings is 2. The van der Waals surface area contributed by atoms with Crippen molar-refractivity contribution in [3.05, 3.63) is 84.4 Å². The van der Waals surface area contributed by atoms with Crippen molar-refractivity contribution in [3.8, 4) is 22.6 Å². The zero-order valence-corrected chi connectivity index (χ0v) is 17.4. The van der Waals surface area contributed by atoms with Crippen LogP contribution in [0.4, 0.5) is 0 Å². The van der Waals surface area contributed by atoms with Crippen LogP contribution in [0.5, 0.6) is 11.5 Å². The summed E-state index contributed by atoms with van der Waals surface area (Å²) >= 11 is 0. The molecule has 6 nitrogen and oxygen atoms in total. The molecule has 0 saturated carbocycles. The van der Waals surface area contributed by atoms with E-state index in [1.807, 2.05) is 34.7 Å². The molecule has 0 radical (unpaired) electrons. The number of aromatic nitrogens is 4. The topological polar surface area (TPSA) is 61.5 Å². The standard InChI is InChI=1S/C25H22N4O2/c1-3-17-4-6-18(7-5-17)19-8-11-24-27-28-25(29(24)15-19)16-31-23-12-13-26-22-14-20(30-2)9-10-21(22)23/h4-15H,3,16H2,1-2H3. The lowest BCUT2D eigenvalue weighted by atomic mass is 10.0. The summed E-state index contributed by atoms with van der Waals surface area (Å²) < 4.78 is 13.4. The average Bonchev–Trinajstić information content (AvgIpc) is 3.24. The summed E-state index contributed by atoms with van der Waals surface area (Å²) in [7, 11) is 1.64. The number of fused-ring (bicyclic) bond motifs is 2. The Morgan fingerprint density at radius 2 is 1.74 bits per heavy atom. The molecular weight excluding hydrogens is 388 g/mol. The van der Waals surface area contributed by atoms with Gasteiger partial charge < -0.3 is 9.47 Å². The normalized spacial score (nSPS) is 11.2. The summed E-state index contributed by atoms with van der Waals surface area (Å²) in [5.74, 6) is 2.25. The van der Waals surface area contributed by atoms with Gasteiger partial charge in [0.05, 0.1) is 12.6 Å². The minimum Gasteiger partial charge on any atom is -0.497 e. The van der Waals surface area contributed by atoms with Gasteiger partial charge in [-0.15, -0.1) is 10.2 Å². The molecule has 5 aromatic rings. The lowest BCUT2D eigenvalue weighted by Crippen LogP contribution is -2.02. The van der Waals surface area contributed by atoms with Crippen LogP contribution < -0.4 is 9.47 Å². The molecule has 0 bridgehead atoms. The average molecular weight is 410 g/mol. The van der Waals surface area contributed by atoms with E-state index in [1.54, 1.807) is 13.3 Å². The smallest absolute Gasteiger partial charge is 0.175 e. The zero-order valence-electron chi connectivity index (χ0n) is 17.4. The Kier molecular flexibility index (Phi) is 4.96. The quantitative estimate of drug-likeness (QED) is 0.390. The van der Waals surface area contributed by atoms with Crippen LogP contribution in [0, 0.1) is 0 Å². The van der Waals surface area contributed by atoms with Crippen LogP contribution in [0.3, 0.4) is 0 Å². The summed E-state index contributed by atoms with van der Waals surface area (Å²) in [5.41, 5.74) is 5.20. The molecule has 0 aliphatic heterocycles. The van der Waals surface area contributed by atoms with Gasteiger partial charge in [-0.3, -0.25) is 9.38 Å². The molecule has 0 saturated heterocycles. The predicted molar refractivity (Wildman–Crippen MR) is 120 cm³/mol. The van der Waals surface area contributed by atoms with Crippen molar-refractivity contribution >= 4 is 16.6 Å². The minimum atomic E-state index is 0.296. The molecule has 5 rings (SSSR count). The number of methoxy groups -OCH3 is 1. The monoisotopic (exact) mass is 410 g/mol. The zero-order chi connectivity index (χ0) is 21.2. The third-order valence-corrected chi connectivity index (χ3v) is 5.44. The number of benzene rings is 2. The largest absolute Gasteiger partial charge is 0.497 e. The lowest BCUT2D eigenvalue weighted by molar-refractivity contribution is 0.298. The first kappa shape index (κ1) is 19.1. The summed E-state index contributed by atoms with van der Waals surface area (Å²) in [4.78, 5) is 4.41. The first-order valence-corrected chi connectivity index (χ1v) is 10.2. The lowest BCUT2D eigenvalue weighted by Gasteiger charge is -2.10. The van der Waals surface area contributed by atoms with E-state index in [-0.39, 0.29) is 0 Å². The molecule has 3 heterocycles. The van der Waals surface area contributed by atoms with Crippen LogP contribution in [-0.4, -0.2) is 26.7 Å². The van der Waals surface area contributed by atoms with Gasteiger partial charge in [-0.05, 0) is 53.4 Å². The molecule has 0 unspecified atom stereocenters. The van der Waals surface area contributed by atoms with Gasteiger partial charge in [-0.1, -0.05) is 31.2 Å². The van der Waals surface area contributed by atoms with E-state index in [9.17, 15) is 0 Å². The van der Waals surface area contributed by atoms with E-state index in [4.69, 9.17) is 9.47 Å². The highest BCUT2D eigenvalue weighted by molar-refractivity contribution is 5.85. The minimum absolute atomic E-state index is 0.296. The van der Waals surface area contributed by atoms with Crippen molar-refractivity contribution in [3.63, 3.8) is 0 Å². The molecule has 0 aliphatic carbocycles. The van der Waals surface area contributed by atoms with Crippen molar-refractivity contribution in [1.82, 2.24) is 19.6 Å². The first-order chi connectivity index (χ1) is 15.2. The number of hydrogen-bond acceptors (Lipinski definition) is 5. The highest BCUT2D eigenvalue weighted by atomic mass is 16.5. The molecule has 0 atom stereocenters. The SMILES string of the molecule is CCc1ccc(-c2ccc3nnc(COc4ccnc5cc(OC)ccc45)n3c2)cc1. The Morgan fingerprint density at radius 3 is 2.55 bits per heavy atom. The van der Waals surface area contributed by atoms with Gasteiger partial charge in [-0.2, -0.15) is 0 Å². The maximum absolute atomic E-state index is 6.12. The third kappa shape index (κ3) is 3.68. The first-order valence-electron chi connectivity index (χ1n) is 10.2. The second kappa shape index (κ2) is 8.07. The number of ether oxygens (including phenoxy) is 2. The molecule has 0 fully saturated rings. The maximum Gasteiger partial charge on any atom is 0.175 e. The Hall–Kier alpha value is -3.93. The van der Waals surface area contributed by atoms with Crippen LogP contribution in [-0.2, 0) is 13.0 Å². The molecular formula is C25H22N4O2. The van der Waals surface area contributed by atoms with E-state index in [2.05, 4.69) is 58.6 Å². The Morgan fingerprint density at radius 1 is 0.903 bits per heavy atom. The Bertz CT molecular complexity index is 1360. The second-order valence-corrected chi connectivity index (χ2v) is 7.29. The van der Waals surface area contributed by atoms with Crippen molar-refractivity contribution < 1.29 is 9.47 Å². The van der Waals surface area contributed by atoms with Crippen molar-refractivity contribution in [2.75, 3.05) is 7.11 Å². The maximum atomic E-state index is 6.12. The predicted octanol–water partition coefficient (Wildman–Crippen LogP) is 5.09. The van der Waals surface area contributed by atoms with Crippen LogP contribution in [0.1, 0.15) is 18.3 Å². The van der Waals surface area contributed by atoms with Gasteiger partial charge in [-0.25, -0.2) is 0 Å². The van der Waals surface area contributed by atoms with Crippen molar-refractivity contribution in [2.24, 2.45) is 0 Å². The van der Waals surface area contributed by atoms with Crippen LogP contribution in [0.15, 0.2) is 73.1 Å². The fraction of sp³-hybridized carbons (Fsp3) is 0.160. The molecule has 31 heavy (non-hydrogen) atoms. The Balaban J connectivity index is 1.44. The van der Waals surface area contributed by atoms with Gasteiger partial charge in [0.1, 0.15) is 18.1 Å².